The van der Waals surface area contributed by atoms with Gasteiger partial charge in [-0.25, -0.2) is 13.6 Å². The van der Waals surface area contributed by atoms with Crippen molar-refractivity contribution in [2.45, 2.75) is 38.8 Å². The molecule has 0 saturated carbocycles. The monoisotopic (exact) mass is 271 g/mol. The SMILES string of the molecule is CCC(C)NC(C(=O)OC)c1ccc(C(F)F)cc1. The van der Waals surface area contributed by atoms with Gasteiger partial charge in [0.1, 0.15) is 6.04 Å². The van der Waals surface area contributed by atoms with Crippen molar-refractivity contribution in [1.29, 1.82) is 0 Å². The van der Waals surface area contributed by atoms with Crippen molar-refractivity contribution in [3.8, 4) is 0 Å². The number of hydrogen-bond donors (Lipinski definition) is 1. The largest absolute Gasteiger partial charge is 0.468 e. The lowest BCUT2D eigenvalue weighted by molar-refractivity contribution is -0.143. The minimum atomic E-state index is -2.51. The van der Waals surface area contributed by atoms with E-state index in [0.717, 1.165) is 6.42 Å². The van der Waals surface area contributed by atoms with Gasteiger partial charge in [-0.1, -0.05) is 31.2 Å². The van der Waals surface area contributed by atoms with Gasteiger partial charge in [-0.2, -0.15) is 0 Å². The van der Waals surface area contributed by atoms with Crippen LogP contribution in [0.5, 0.6) is 0 Å². The van der Waals surface area contributed by atoms with Crippen LogP contribution in [-0.4, -0.2) is 19.1 Å². The summed E-state index contributed by atoms with van der Waals surface area (Å²) in [6.07, 6.45) is -1.66. The molecule has 0 bridgehead atoms. The zero-order valence-corrected chi connectivity index (χ0v) is 11.3. The third kappa shape index (κ3) is 4.28. The lowest BCUT2D eigenvalue weighted by Crippen LogP contribution is -2.35. The molecule has 3 nitrogen and oxygen atoms in total. The van der Waals surface area contributed by atoms with Gasteiger partial charge < -0.3 is 4.74 Å². The average molecular weight is 271 g/mol. The van der Waals surface area contributed by atoms with Crippen LogP contribution in [0.4, 0.5) is 8.78 Å². The van der Waals surface area contributed by atoms with Gasteiger partial charge in [-0.3, -0.25) is 5.32 Å². The highest BCUT2D eigenvalue weighted by Crippen LogP contribution is 2.22. The van der Waals surface area contributed by atoms with E-state index in [1.807, 2.05) is 13.8 Å². The summed E-state index contributed by atoms with van der Waals surface area (Å²) in [5.74, 6) is -0.426. The summed E-state index contributed by atoms with van der Waals surface area (Å²) in [5.41, 5.74) is 0.562. The Kier molecular flexibility index (Phi) is 5.89. The molecule has 5 heteroatoms. The molecule has 0 aliphatic rings. The van der Waals surface area contributed by atoms with Crippen LogP contribution >= 0.6 is 0 Å². The number of nitrogens with one attached hydrogen (secondary N) is 1. The van der Waals surface area contributed by atoms with E-state index < -0.39 is 18.4 Å². The van der Waals surface area contributed by atoms with Gasteiger partial charge in [0.15, 0.2) is 0 Å². The zero-order valence-electron chi connectivity index (χ0n) is 11.3. The maximum absolute atomic E-state index is 12.5. The molecular formula is C14H19F2NO2. The maximum Gasteiger partial charge on any atom is 0.327 e. The predicted octanol–water partition coefficient (Wildman–Crippen LogP) is 3.23. The third-order valence-electron chi connectivity index (χ3n) is 3.02. The van der Waals surface area contributed by atoms with Gasteiger partial charge in [0, 0.05) is 11.6 Å². The smallest absolute Gasteiger partial charge is 0.327 e. The second kappa shape index (κ2) is 7.19. The molecule has 1 N–H and O–H groups in total. The number of halogens is 2. The highest BCUT2D eigenvalue weighted by atomic mass is 19.3. The van der Waals surface area contributed by atoms with Gasteiger partial charge in [0.25, 0.3) is 6.43 Å². The molecule has 2 unspecified atom stereocenters. The number of benzene rings is 1. The van der Waals surface area contributed by atoms with Crippen molar-refractivity contribution >= 4 is 5.97 Å². The number of rotatable bonds is 6. The van der Waals surface area contributed by atoms with Crippen LogP contribution in [0.25, 0.3) is 0 Å². The minimum Gasteiger partial charge on any atom is -0.468 e. The molecular weight excluding hydrogens is 252 g/mol. The molecule has 0 radical (unpaired) electrons. The second-order valence-corrected chi connectivity index (χ2v) is 4.40. The molecule has 0 spiro atoms. The molecule has 1 aromatic rings. The standard InChI is InChI=1S/C14H19F2NO2/c1-4-9(2)17-12(14(18)19-3)10-5-7-11(8-6-10)13(15)16/h5-9,12-13,17H,4H2,1-3H3. The van der Waals surface area contributed by atoms with Gasteiger partial charge >= 0.3 is 5.97 Å². The van der Waals surface area contributed by atoms with E-state index in [9.17, 15) is 13.6 Å². The summed E-state index contributed by atoms with van der Waals surface area (Å²) >= 11 is 0. The summed E-state index contributed by atoms with van der Waals surface area (Å²) in [6, 6.07) is 5.20. The number of carbonyl (C=O) groups is 1. The van der Waals surface area contributed by atoms with Crippen LogP contribution < -0.4 is 5.32 Å². The first-order chi connectivity index (χ1) is 8.99. The van der Waals surface area contributed by atoms with E-state index in [1.54, 1.807) is 0 Å². The van der Waals surface area contributed by atoms with E-state index in [4.69, 9.17) is 4.74 Å². The minimum absolute atomic E-state index is 0.0593. The Morgan fingerprint density at radius 1 is 1.26 bits per heavy atom. The summed E-state index contributed by atoms with van der Waals surface area (Å²) in [6.45, 7) is 3.94. The Morgan fingerprint density at radius 2 is 1.79 bits per heavy atom. The van der Waals surface area contributed by atoms with Crippen LogP contribution in [0.3, 0.4) is 0 Å². The average Bonchev–Trinajstić information content (AvgIpc) is 2.43. The van der Waals surface area contributed by atoms with E-state index in [1.165, 1.54) is 31.4 Å². The van der Waals surface area contributed by atoms with E-state index in [-0.39, 0.29) is 11.6 Å². The summed E-state index contributed by atoms with van der Waals surface area (Å²) < 4.78 is 29.7. The number of alkyl halides is 2. The summed E-state index contributed by atoms with van der Waals surface area (Å²) in [4.78, 5) is 11.7. The molecule has 19 heavy (non-hydrogen) atoms. The van der Waals surface area contributed by atoms with Crippen LogP contribution in [0.2, 0.25) is 0 Å². The maximum atomic E-state index is 12.5. The number of esters is 1. The molecule has 106 valence electrons. The molecule has 0 aliphatic carbocycles. The Hall–Kier alpha value is -1.49. The molecule has 1 aromatic carbocycles. The first kappa shape index (κ1) is 15.6. The lowest BCUT2D eigenvalue weighted by Gasteiger charge is -2.21. The Balaban J connectivity index is 2.93. The molecule has 0 saturated heterocycles. The van der Waals surface area contributed by atoms with E-state index in [0.29, 0.717) is 5.56 Å². The highest BCUT2D eigenvalue weighted by Gasteiger charge is 2.22. The third-order valence-corrected chi connectivity index (χ3v) is 3.02. The predicted molar refractivity (Wildman–Crippen MR) is 69.0 cm³/mol. The molecule has 0 heterocycles. The zero-order chi connectivity index (χ0) is 14.4. The van der Waals surface area contributed by atoms with E-state index >= 15 is 0 Å². The van der Waals surface area contributed by atoms with Crippen molar-refractivity contribution in [3.63, 3.8) is 0 Å². The molecule has 0 aliphatic heterocycles. The quantitative estimate of drug-likeness (QED) is 0.807. The molecule has 2 atom stereocenters. The van der Waals surface area contributed by atoms with Crippen LogP contribution in [0.1, 0.15) is 43.9 Å². The molecule has 0 aromatic heterocycles. The lowest BCUT2D eigenvalue weighted by atomic mass is 10.0. The van der Waals surface area contributed by atoms with Crippen molar-refractivity contribution in [1.82, 2.24) is 5.32 Å². The number of ether oxygens (including phenoxy) is 1. The fourth-order valence-electron chi connectivity index (χ4n) is 1.65. The molecule has 1 rings (SSSR count). The fraction of sp³-hybridized carbons (Fsp3) is 0.500. The first-order valence-corrected chi connectivity index (χ1v) is 6.21. The van der Waals surface area contributed by atoms with Gasteiger partial charge in [-0.15, -0.1) is 0 Å². The first-order valence-electron chi connectivity index (χ1n) is 6.21. The van der Waals surface area contributed by atoms with Crippen molar-refractivity contribution < 1.29 is 18.3 Å². The van der Waals surface area contributed by atoms with Crippen LogP contribution in [0, 0.1) is 0 Å². The number of methoxy groups -OCH3 is 1. The second-order valence-electron chi connectivity index (χ2n) is 4.40. The number of hydrogen-bond acceptors (Lipinski definition) is 3. The van der Waals surface area contributed by atoms with Crippen molar-refractivity contribution in [2.24, 2.45) is 0 Å². The summed E-state index contributed by atoms with van der Waals surface area (Å²) in [7, 11) is 1.31. The Bertz CT molecular complexity index is 406. The van der Waals surface area contributed by atoms with Crippen molar-refractivity contribution in [3.05, 3.63) is 35.4 Å². The van der Waals surface area contributed by atoms with E-state index in [2.05, 4.69) is 5.32 Å². The topological polar surface area (TPSA) is 38.3 Å². The highest BCUT2D eigenvalue weighted by molar-refractivity contribution is 5.77. The fourth-order valence-corrected chi connectivity index (χ4v) is 1.65. The Morgan fingerprint density at radius 3 is 2.21 bits per heavy atom. The van der Waals surface area contributed by atoms with Gasteiger partial charge in [0.2, 0.25) is 0 Å². The number of carbonyl (C=O) groups excluding carboxylic acids is 1. The Labute approximate surface area is 112 Å². The molecule has 0 amide bonds. The van der Waals surface area contributed by atoms with Crippen LogP contribution in [0.15, 0.2) is 24.3 Å². The summed E-state index contributed by atoms with van der Waals surface area (Å²) in [5, 5.41) is 3.12. The van der Waals surface area contributed by atoms with Gasteiger partial charge in [-0.05, 0) is 18.9 Å². The van der Waals surface area contributed by atoms with Crippen LogP contribution in [-0.2, 0) is 9.53 Å². The molecule has 0 fully saturated rings. The van der Waals surface area contributed by atoms with Crippen molar-refractivity contribution in [2.75, 3.05) is 7.11 Å². The normalized spacial score (nSPS) is 14.2. The van der Waals surface area contributed by atoms with Gasteiger partial charge in [0.05, 0.1) is 7.11 Å².